The summed E-state index contributed by atoms with van der Waals surface area (Å²) in [4.78, 5) is 43.0. The highest BCUT2D eigenvalue weighted by atomic mass is 35.5. The molecule has 0 N–H and O–H groups in total. The van der Waals surface area contributed by atoms with Crippen molar-refractivity contribution < 1.29 is 19.1 Å². The Labute approximate surface area is 202 Å². The third-order valence-electron chi connectivity index (χ3n) is 5.82. The van der Waals surface area contributed by atoms with Crippen LogP contribution in [0.4, 0.5) is 5.69 Å². The number of piperidine rings is 1. The minimum absolute atomic E-state index is 0.143. The van der Waals surface area contributed by atoms with Gasteiger partial charge in [0, 0.05) is 35.6 Å². The second-order valence-corrected chi connectivity index (χ2v) is 9.51. The molecule has 2 amide bonds. The first-order valence-corrected chi connectivity index (χ1v) is 12.1. The highest BCUT2D eigenvalue weighted by Crippen LogP contribution is 2.42. The average molecular weight is 485 g/mol. The lowest BCUT2D eigenvalue weighted by Crippen LogP contribution is -2.43. The molecule has 1 saturated heterocycles. The summed E-state index contributed by atoms with van der Waals surface area (Å²) in [5.74, 6) is -0.843. The molecule has 2 aliphatic heterocycles. The second-order valence-electron chi connectivity index (χ2n) is 8.02. The van der Waals surface area contributed by atoms with Gasteiger partial charge in [0.05, 0.1) is 23.1 Å². The highest BCUT2D eigenvalue weighted by Gasteiger charge is 2.32. The van der Waals surface area contributed by atoms with Gasteiger partial charge in [0.25, 0.3) is 11.8 Å². The van der Waals surface area contributed by atoms with Crippen molar-refractivity contribution in [1.82, 2.24) is 4.90 Å². The Morgan fingerprint density at radius 1 is 1.24 bits per heavy atom. The Morgan fingerprint density at radius 3 is 2.79 bits per heavy atom. The maximum absolute atomic E-state index is 13.2. The van der Waals surface area contributed by atoms with Crippen molar-refractivity contribution in [3.8, 4) is 0 Å². The van der Waals surface area contributed by atoms with Crippen LogP contribution < -0.4 is 4.90 Å². The average Bonchev–Trinajstić information content (AvgIpc) is 2.83. The molecular formula is C25H25ClN2O4S. The maximum atomic E-state index is 13.2. The summed E-state index contributed by atoms with van der Waals surface area (Å²) in [6.45, 7) is 3.06. The standard InChI is InChI=1S/C25H25ClN2O4S/c1-3-32-25(31)18-8-6-12-28(15-18)23(29)17-10-11-21-20(13-17)27(2)24(30)22(33-21)14-16-7-4-5-9-19(16)26/h4-5,7,9-11,13-14,18H,3,6,8,12,15H2,1-2H3/b22-14-. The lowest BCUT2D eigenvalue weighted by Gasteiger charge is -2.32. The second kappa shape index (κ2) is 10.0. The fourth-order valence-electron chi connectivity index (χ4n) is 4.06. The first-order valence-electron chi connectivity index (χ1n) is 10.9. The SMILES string of the molecule is CCOC(=O)C1CCCN(C(=O)c2ccc3c(c2)N(C)C(=O)/C(=C/c2ccccc2Cl)S3)C1. The third-order valence-corrected chi connectivity index (χ3v) is 7.24. The van der Waals surface area contributed by atoms with Gasteiger partial charge in [-0.1, -0.05) is 41.6 Å². The van der Waals surface area contributed by atoms with Crippen molar-refractivity contribution in [2.24, 2.45) is 5.92 Å². The molecule has 2 aliphatic rings. The van der Waals surface area contributed by atoms with E-state index in [0.717, 1.165) is 23.3 Å². The number of carbonyl (C=O) groups excluding carboxylic acids is 3. The summed E-state index contributed by atoms with van der Waals surface area (Å²) in [6.07, 6.45) is 3.27. The van der Waals surface area contributed by atoms with Gasteiger partial charge in [-0.15, -0.1) is 0 Å². The van der Waals surface area contributed by atoms with Gasteiger partial charge in [0.15, 0.2) is 0 Å². The zero-order chi connectivity index (χ0) is 23.5. The van der Waals surface area contributed by atoms with E-state index in [2.05, 4.69) is 0 Å². The molecule has 1 unspecified atom stereocenters. The quantitative estimate of drug-likeness (QED) is 0.457. The number of thioether (sulfide) groups is 1. The zero-order valence-electron chi connectivity index (χ0n) is 18.5. The summed E-state index contributed by atoms with van der Waals surface area (Å²) in [5.41, 5.74) is 1.96. The number of hydrogen-bond donors (Lipinski definition) is 0. The molecule has 8 heteroatoms. The Balaban J connectivity index is 1.55. The van der Waals surface area contributed by atoms with E-state index < -0.39 is 0 Å². The Bertz CT molecular complexity index is 1130. The van der Waals surface area contributed by atoms with Crippen molar-refractivity contribution in [3.63, 3.8) is 0 Å². The number of esters is 1. The van der Waals surface area contributed by atoms with E-state index in [1.807, 2.05) is 24.3 Å². The van der Waals surface area contributed by atoms with E-state index in [1.54, 1.807) is 48.0 Å². The van der Waals surface area contributed by atoms with Crippen LogP contribution in [0.2, 0.25) is 5.02 Å². The van der Waals surface area contributed by atoms with Crippen LogP contribution in [-0.2, 0) is 14.3 Å². The van der Waals surface area contributed by atoms with E-state index in [9.17, 15) is 14.4 Å². The molecule has 6 nitrogen and oxygen atoms in total. The molecule has 2 aromatic rings. The van der Waals surface area contributed by atoms with E-state index >= 15 is 0 Å². The number of likely N-dealkylation sites (tertiary alicyclic amines) is 1. The van der Waals surface area contributed by atoms with Crippen molar-refractivity contribution in [2.45, 2.75) is 24.7 Å². The predicted octanol–water partition coefficient (Wildman–Crippen LogP) is 4.86. The molecule has 2 aromatic carbocycles. The smallest absolute Gasteiger partial charge is 0.310 e. The third kappa shape index (κ3) is 4.94. The summed E-state index contributed by atoms with van der Waals surface area (Å²) >= 11 is 7.62. The minimum Gasteiger partial charge on any atom is -0.466 e. The number of benzene rings is 2. The van der Waals surface area contributed by atoms with E-state index in [-0.39, 0.29) is 23.7 Å². The normalized spacial score (nSPS) is 19.4. The summed E-state index contributed by atoms with van der Waals surface area (Å²) < 4.78 is 5.14. The number of anilines is 1. The molecule has 33 heavy (non-hydrogen) atoms. The zero-order valence-corrected chi connectivity index (χ0v) is 20.1. The molecule has 1 atom stereocenters. The van der Waals surface area contributed by atoms with Gasteiger partial charge in [-0.3, -0.25) is 14.4 Å². The molecule has 2 heterocycles. The number of carbonyl (C=O) groups is 3. The molecular weight excluding hydrogens is 460 g/mol. The van der Waals surface area contributed by atoms with Gasteiger partial charge >= 0.3 is 5.97 Å². The van der Waals surface area contributed by atoms with E-state index in [1.165, 1.54) is 11.8 Å². The van der Waals surface area contributed by atoms with E-state index in [4.69, 9.17) is 16.3 Å². The van der Waals surface area contributed by atoms with Crippen LogP contribution in [0.5, 0.6) is 0 Å². The number of amides is 2. The molecule has 0 saturated carbocycles. The van der Waals surface area contributed by atoms with Crippen LogP contribution in [0.3, 0.4) is 0 Å². The minimum atomic E-state index is -0.294. The van der Waals surface area contributed by atoms with Crippen LogP contribution in [0, 0.1) is 5.92 Å². The maximum Gasteiger partial charge on any atom is 0.310 e. The fourth-order valence-corrected chi connectivity index (χ4v) is 5.33. The number of fused-ring (bicyclic) bond motifs is 1. The molecule has 0 bridgehead atoms. The van der Waals surface area contributed by atoms with Crippen molar-refractivity contribution in [3.05, 3.63) is 63.5 Å². The van der Waals surface area contributed by atoms with Gasteiger partial charge in [-0.2, -0.15) is 0 Å². The van der Waals surface area contributed by atoms with Crippen molar-refractivity contribution in [1.29, 1.82) is 0 Å². The highest BCUT2D eigenvalue weighted by molar-refractivity contribution is 8.04. The van der Waals surface area contributed by atoms with Crippen LogP contribution in [0.1, 0.15) is 35.7 Å². The number of hydrogen-bond acceptors (Lipinski definition) is 5. The monoisotopic (exact) mass is 484 g/mol. The van der Waals surface area contributed by atoms with Gasteiger partial charge in [0.2, 0.25) is 0 Å². The van der Waals surface area contributed by atoms with Gasteiger partial charge < -0.3 is 14.5 Å². The van der Waals surface area contributed by atoms with Crippen LogP contribution in [0.15, 0.2) is 52.3 Å². The molecule has 0 aromatic heterocycles. The van der Waals surface area contributed by atoms with Gasteiger partial charge in [-0.05, 0) is 55.7 Å². The molecule has 1 fully saturated rings. The Hall–Kier alpha value is -2.77. The van der Waals surface area contributed by atoms with Crippen molar-refractivity contribution >= 4 is 52.9 Å². The van der Waals surface area contributed by atoms with E-state index in [0.29, 0.717) is 40.9 Å². The van der Waals surface area contributed by atoms with Gasteiger partial charge in [-0.25, -0.2) is 0 Å². The predicted molar refractivity (Wildman–Crippen MR) is 130 cm³/mol. The molecule has 4 rings (SSSR count). The van der Waals surface area contributed by atoms with Gasteiger partial charge in [0.1, 0.15) is 0 Å². The largest absolute Gasteiger partial charge is 0.466 e. The van der Waals surface area contributed by atoms with Crippen LogP contribution in [-0.4, -0.2) is 49.4 Å². The Kier molecular flexibility index (Phi) is 7.10. The lowest BCUT2D eigenvalue weighted by atomic mass is 9.97. The fraction of sp³-hybridized carbons (Fsp3) is 0.320. The summed E-state index contributed by atoms with van der Waals surface area (Å²) in [5, 5.41) is 0.579. The number of halogens is 1. The number of likely N-dealkylation sites (N-methyl/N-ethyl adjacent to an activating group) is 1. The first-order chi connectivity index (χ1) is 15.9. The lowest BCUT2D eigenvalue weighted by molar-refractivity contribution is -0.149. The molecule has 0 radical (unpaired) electrons. The topological polar surface area (TPSA) is 66.9 Å². The van der Waals surface area contributed by atoms with Crippen LogP contribution >= 0.6 is 23.4 Å². The molecule has 0 spiro atoms. The Morgan fingerprint density at radius 2 is 2.03 bits per heavy atom. The first kappa shape index (κ1) is 23.4. The number of ether oxygens (including phenoxy) is 1. The molecule has 172 valence electrons. The number of rotatable bonds is 4. The summed E-state index contributed by atoms with van der Waals surface area (Å²) in [7, 11) is 1.70. The van der Waals surface area contributed by atoms with Crippen molar-refractivity contribution in [2.75, 3.05) is 31.6 Å². The number of nitrogens with zero attached hydrogens (tertiary/aromatic N) is 2. The van der Waals surface area contributed by atoms with Crippen LogP contribution in [0.25, 0.3) is 6.08 Å². The molecule has 0 aliphatic carbocycles. The summed E-state index contributed by atoms with van der Waals surface area (Å²) in [6, 6.07) is 12.8.